The van der Waals surface area contributed by atoms with E-state index < -0.39 is 11.7 Å². The van der Waals surface area contributed by atoms with Crippen LogP contribution in [0.4, 0.5) is 10.2 Å². The summed E-state index contributed by atoms with van der Waals surface area (Å²) in [5, 5.41) is 2.75. The van der Waals surface area contributed by atoms with Crippen molar-refractivity contribution in [3.8, 4) is 6.01 Å². The van der Waals surface area contributed by atoms with Gasteiger partial charge in [-0.25, -0.2) is 4.39 Å². The number of fused-ring (bicyclic) bond motifs is 2. The van der Waals surface area contributed by atoms with Crippen LogP contribution in [0.3, 0.4) is 0 Å². The number of ether oxygens (including phenoxy) is 2. The van der Waals surface area contributed by atoms with Crippen molar-refractivity contribution < 1.29 is 18.7 Å². The van der Waals surface area contributed by atoms with Gasteiger partial charge in [0.05, 0.1) is 18.4 Å². The molecule has 0 saturated carbocycles. The molecule has 0 bridgehead atoms. The van der Waals surface area contributed by atoms with Crippen molar-refractivity contribution in [3.05, 3.63) is 70.6 Å². The maximum absolute atomic E-state index is 13.6. The zero-order chi connectivity index (χ0) is 28.7. The van der Waals surface area contributed by atoms with Gasteiger partial charge in [0.25, 0.3) is 5.91 Å². The molecule has 0 radical (unpaired) electrons. The molecule has 216 valence electrons. The standard InChI is InChI=1S/C31H35ClFN5O3/c1-19-16-37(13-14-38(19)30(39)20(2)33)29-24-18-40-27(23-10-4-7-21-8-5-11-25(32)28(21)23)15-26(24)34-31(35-29)41-17-22-9-6-12-36(22)3/h4-5,7-8,10-11,19,22,27H,2,6,9,12-18H2,1,3H3/t19-,22?,27?/m1/s1. The van der Waals surface area contributed by atoms with Gasteiger partial charge in [-0.1, -0.05) is 48.5 Å². The van der Waals surface area contributed by atoms with Crippen molar-refractivity contribution in [3.63, 3.8) is 0 Å². The Morgan fingerprint density at radius 3 is 2.73 bits per heavy atom. The van der Waals surface area contributed by atoms with E-state index in [0.717, 1.165) is 52.8 Å². The van der Waals surface area contributed by atoms with Crippen LogP contribution in [0.5, 0.6) is 6.01 Å². The summed E-state index contributed by atoms with van der Waals surface area (Å²) in [6.07, 6.45) is 2.55. The molecule has 0 N–H and O–H groups in total. The lowest BCUT2D eigenvalue weighted by Crippen LogP contribution is -2.54. The summed E-state index contributed by atoms with van der Waals surface area (Å²) in [6.45, 7) is 8.36. The van der Waals surface area contributed by atoms with Crippen molar-refractivity contribution in [1.29, 1.82) is 0 Å². The highest BCUT2D eigenvalue weighted by atomic mass is 35.5. The number of aromatic nitrogens is 2. The van der Waals surface area contributed by atoms with Gasteiger partial charge >= 0.3 is 6.01 Å². The minimum atomic E-state index is -0.940. The number of carbonyl (C=O) groups excluding carboxylic acids is 1. The number of likely N-dealkylation sites (N-methyl/N-ethyl adjacent to an activating group) is 1. The van der Waals surface area contributed by atoms with Crippen molar-refractivity contribution in [2.75, 3.05) is 44.7 Å². The third-order valence-corrected chi connectivity index (χ3v) is 8.90. The number of piperazine rings is 1. The molecule has 1 amide bonds. The van der Waals surface area contributed by atoms with E-state index in [1.54, 1.807) is 0 Å². The number of hydrogen-bond donors (Lipinski definition) is 0. The summed E-state index contributed by atoms with van der Waals surface area (Å²) in [5.74, 6) is -0.853. The van der Waals surface area contributed by atoms with Gasteiger partial charge in [0, 0.05) is 54.1 Å². The van der Waals surface area contributed by atoms with Crippen LogP contribution in [0.25, 0.3) is 10.8 Å². The molecule has 1 aromatic heterocycles. The van der Waals surface area contributed by atoms with Crippen LogP contribution in [0, 0.1) is 0 Å². The van der Waals surface area contributed by atoms with Crippen LogP contribution < -0.4 is 9.64 Å². The molecule has 3 atom stereocenters. The second-order valence-corrected chi connectivity index (χ2v) is 11.6. The highest BCUT2D eigenvalue weighted by Gasteiger charge is 2.34. The van der Waals surface area contributed by atoms with Crippen LogP contribution in [0.2, 0.25) is 5.02 Å². The number of carbonyl (C=O) groups is 1. The third kappa shape index (κ3) is 5.50. The van der Waals surface area contributed by atoms with Crippen molar-refractivity contribution in [2.45, 2.75) is 51.0 Å². The molecule has 4 heterocycles. The smallest absolute Gasteiger partial charge is 0.318 e. The van der Waals surface area contributed by atoms with Gasteiger partial charge in [-0.3, -0.25) is 4.79 Å². The highest BCUT2D eigenvalue weighted by molar-refractivity contribution is 6.35. The molecule has 2 unspecified atom stereocenters. The minimum absolute atomic E-state index is 0.221. The SMILES string of the molecule is C=C(F)C(=O)N1CCN(c2nc(OCC3CCCN3C)nc3c2COC(c2cccc4cccc(Cl)c24)C3)C[C@H]1C. The predicted octanol–water partition coefficient (Wildman–Crippen LogP) is 5.09. The van der Waals surface area contributed by atoms with E-state index in [-0.39, 0.29) is 12.1 Å². The summed E-state index contributed by atoms with van der Waals surface area (Å²) in [6, 6.07) is 12.5. The molecule has 10 heteroatoms. The first-order chi connectivity index (χ1) is 19.8. The van der Waals surface area contributed by atoms with E-state index in [0.29, 0.717) is 56.3 Å². The number of hydrogen-bond acceptors (Lipinski definition) is 7. The molecule has 3 aliphatic rings. The first-order valence-electron chi connectivity index (χ1n) is 14.2. The molecular weight excluding hydrogens is 545 g/mol. The lowest BCUT2D eigenvalue weighted by molar-refractivity contribution is -0.131. The normalized spacial score (nSPS) is 23.1. The molecule has 3 aliphatic heterocycles. The summed E-state index contributed by atoms with van der Waals surface area (Å²) in [4.78, 5) is 28.1. The zero-order valence-electron chi connectivity index (χ0n) is 23.5. The molecule has 2 aromatic carbocycles. The number of rotatable bonds is 6. The molecule has 0 aliphatic carbocycles. The molecule has 0 spiro atoms. The second-order valence-electron chi connectivity index (χ2n) is 11.2. The summed E-state index contributed by atoms with van der Waals surface area (Å²) in [5.41, 5.74) is 2.83. The number of amides is 1. The van der Waals surface area contributed by atoms with Crippen LogP contribution in [0.15, 0.2) is 48.8 Å². The first-order valence-corrected chi connectivity index (χ1v) is 14.6. The Labute approximate surface area is 244 Å². The van der Waals surface area contributed by atoms with E-state index in [1.807, 2.05) is 25.1 Å². The molecule has 2 fully saturated rings. The Kier molecular flexibility index (Phi) is 7.85. The van der Waals surface area contributed by atoms with Gasteiger partial charge in [0.2, 0.25) is 0 Å². The summed E-state index contributed by atoms with van der Waals surface area (Å²) >= 11 is 6.65. The Hall–Kier alpha value is -3.27. The Balaban J connectivity index is 1.32. The topological polar surface area (TPSA) is 71.0 Å². The Morgan fingerprint density at radius 1 is 1.20 bits per heavy atom. The fraction of sp³-hybridized carbons (Fsp3) is 0.452. The minimum Gasteiger partial charge on any atom is -0.462 e. The molecule has 8 nitrogen and oxygen atoms in total. The lowest BCUT2D eigenvalue weighted by Gasteiger charge is -2.41. The molecule has 2 saturated heterocycles. The molecular formula is C31H35ClFN5O3. The highest BCUT2D eigenvalue weighted by Crippen LogP contribution is 2.39. The maximum atomic E-state index is 13.6. The van der Waals surface area contributed by atoms with Crippen LogP contribution in [-0.4, -0.2) is 77.6 Å². The van der Waals surface area contributed by atoms with Crippen LogP contribution in [-0.2, 0) is 22.6 Å². The van der Waals surface area contributed by atoms with Crippen LogP contribution in [0.1, 0.15) is 42.7 Å². The van der Waals surface area contributed by atoms with Gasteiger partial charge < -0.3 is 24.2 Å². The average molecular weight is 580 g/mol. The largest absolute Gasteiger partial charge is 0.462 e. The van der Waals surface area contributed by atoms with Gasteiger partial charge in [0.15, 0.2) is 5.83 Å². The molecule has 41 heavy (non-hydrogen) atoms. The second kappa shape index (κ2) is 11.5. The zero-order valence-corrected chi connectivity index (χ0v) is 24.2. The number of benzene rings is 2. The Bertz CT molecular complexity index is 1480. The van der Waals surface area contributed by atoms with E-state index in [1.165, 1.54) is 4.90 Å². The number of anilines is 1. The fourth-order valence-electron chi connectivity index (χ4n) is 6.32. The number of likely N-dealkylation sites (tertiary alicyclic amines) is 1. The van der Waals surface area contributed by atoms with E-state index in [4.69, 9.17) is 31.0 Å². The predicted molar refractivity (Wildman–Crippen MR) is 157 cm³/mol. The monoisotopic (exact) mass is 579 g/mol. The number of nitrogens with zero attached hydrogens (tertiary/aromatic N) is 5. The van der Waals surface area contributed by atoms with Gasteiger partial charge in [-0.05, 0) is 50.4 Å². The average Bonchev–Trinajstić information content (AvgIpc) is 3.39. The summed E-state index contributed by atoms with van der Waals surface area (Å²) < 4.78 is 26.3. The van der Waals surface area contributed by atoms with E-state index in [2.05, 4.69) is 41.6 Å². The van der Waals surface area contributed by atoms with Crippen molar-refractivity contribution >= 4 is 34.1 Å². The van der Waals surface area contributed by atoms with Crippen molar-refractivity contribution in [2.24, 2.45) is 0 Å². The maximum Gasteiger partial charge on any atom is 0.318 e. The van der Waals surface area contributed by atoms with Gasteiger partial charge in [0.1, 0.15) is 12.4 Å². The lowest BCUT2D eigenvalue weighted by atomic mass is 9.94. The fourth-order valence-corrected chi connectivity index (χ4v) is 6.61. The third-order valence-electron chi connectivity index (χ3n) is 8.59. The molecule has 6 rings (SSSR count). The summed E-state index contributed by atoms with van der Waals surface area (Å²) in [7, 11) is 2.12. The Morgan fingerprint density at radius 2 is 2.00 bits per heavy atom. The van der Waals surface area contributed by atoms with Crippen LogP contribution >= 0.6 is 11.6 Å². The number of halogens is 2. The van der Waals surface area contributed by atoms with E-state index >= 15 is 0 Å². The molecule has 3 aromatic rings. The van der Waals surface area contributed by atoms with Crippen molar-refractivity contribution in [1.82, 2.24) is 19.8 Å². The quantitative estimate of drug-likeness (QED) is 0.377. The van der Waals surface area contributed by atoms with E-state index in [9.17, 15) is 9.18 Å². The van der Waals surface area contributed by atoms with Gasteiger partial charge in [-0.2, -0.15) is 9.97 Å². The first kappa shape index (κ1) is 27.9. The van der Waals surface area contributed by atoms with Gasteiger partial charge in [-0.15, -0.1) is 0 Å².